The number of carbonyl (C=O) groups is 1. The molecule has 0 unspecified atom stereocenters. The van der Waals surface area contributed by atoms with E-state index in [9.17, 15) is 4.79 Å². The first-order chi connectivity index (χ1) is 15.0. The first-order valence-electron chi connectivity index (χ1n) is 10.4. The summed E-state index contributed by atoms with van der Waals surface area (Å²) < 4.78 is 0. The average molecular weight is 455 g/mol. The molecule has 1 aliphatic rings. The number of hydrogen-bond donors (Lipinski definition) is 1. The van der Waals surface area contributed by atoms with Crippen LogP contribution in [0.4, 0.5) is 5.95 Å². The van der Waals surface area contributed by atoms with Crippen LogP contribution in [0.2, 0.25) is 10.0 Å². The lowest BCUT2D eigenvalue weighted by Gasteiger charge is -2.32. The second-order valence-electron chi connectivity index (χ2n) is 7.84. The van der Waals surface area contributed by atoms with Gasteiger partial charge in [-0.25, -0.2) is 9.97 Å². The fourth-order valence-electron chi connectivity index (χ4n) is 3.78. The third-order valence-corrected chi connectivity index (χ3v) is 6.05. The Morgan fingerprint density at radius 3 is 2.03 bits per heavy atom. The van der Waals surface area contributed by atoms with Crippen LogP contribution < -0.4 is 5.32 Å². The van der Waals surface area contributed by atoms with Gasteiger partial charge in [0.2, 0.25) is 11.9 Å². The highest BCUT2D eigenvalue weighted by Crippen LogP contribution is 2.27. The van der Waals surface area contributed by atoms with Gasteiger partial charge in [-0.3, -0.25) is 15.0 Å². The van der Waals surface area contributed by atoms with Gasteiger partial charge in [-0.2, -0.15) is 0 Å². The number of hydrogen-bond acceptors (Lipinski definition) is 4. The number of likely N-dealkylation sites (tertiary alicyclic amines) is 1. The number of aromatic nitrogens is 2. The Balaban J connectivity index is 1.63. The van der Waals surface area contributed by atoms with Crippen molar-refractivity contribution in [1.82, 2.24) is 14.9 Å². The highest BCUT2D eigenvalue weighted by atomic mass is 35.5. The van der Waals surface area contributed by atoms with Gasteiger partial charge < -0.3 is 0 Å². The zero-order valence-corrected chi connectivity index (χ0v) is 18.8. The molecule has 5 nitrogen and oxygen atoms in total. The highest BCUT2D eigenvalue weighted by molar-refractivity contribution is 6.30. The fourth-order valence-corrected chi connectivity index (χ4v) is 4.03. The summed E-state index contributed by atoms with van der Waals surface area (Å²) in [6, 6.07) is 17.2. The van der Waals surface area contributed by atoms with E-state index in [1.54, 1.807) is 0 Å². The standard InChI is InChI=1S/C24H24Cl2N4O/c1-16-4-2-3-13-30(16)15-23(31)29-24-27-21(17-5-9-19(25)10-6-17)14-22(28-24)18-7-11-20(26)12-8-18/h5-12,14,16H,2-4,13,15H2,1H3,(H,27,28,29,31)/t16-/m1/s1. The SMILES string of the molecule is C[C@@H]1CCCCN1CC(=O)Nc1nc(-c2ccc(Cl)cc2)cc(-c2ccc(Cl)cc2)n1. The Bertz CT molecular complexity index is 990. The molecule has 3 aromatic rings. The third-order valence-electron chi connectivity index (χ3n) is 5.54. The van der Waals surface area contributed by atoms with Crippen molar-refractivity contribution in [2.24, 2.45) is 0 Å². The Kier molecular flexibility index (Phi) is 6.86. The van der Waals surface area contributed by atoms with E-state index >= 15 is 0 Å². The summed E-state index contributed by atoms with van der Waals surface area (Å²) in [7, 11) is 0. The predicted octanol–water partition coefficient (Wildman–Crippen LogP) is 5.93. The first kappa shape index (κ1) is 21.8. The van der Waals surface area contributed by atoms with Crippen molar-refractivity contribution in [2.45, 2.75) is 32.2 Å². The zero-order chi connectivity index (χ0) is 21.8. The minimum absolute atomic E-state index is 0.107. The highest BCUT2D eigenvalue weighted by Gasteiger charge is 2.21. The van der Waals surface area contributed by atoms with Crippen LogP contribution >= 0.6 is 23.2 Å². The number of nitrogens with one attached hydrogen (secondary N) is 1. The van der Waals surface area contributed by atoms with Gasteiger partial charge in [0.1, 0.15) is 0 Å². The van der Waals surface area contributed by atoms with Crippen molar-refractivity contribution < 1.29 is 4.79 Å². The first-order valence-corrected chi connectivity index (χ1v) is 11.2. The summed E-state index contributed by atoms with van der Waals surface area (Å²) in [6.45, 7) is 3.45. The Morgan fingerprint density at radius 2 is 1.52 bits per heavy atom. The molecule has 4 rings (SSSR count). The quantitative estimate of drug-likeness (QED) is 0.518. The van der Waals surface area contributed by atoms with Crippen LogP contribution in [0.1, 0.15) is 26.2 Å². The van der Waals surface area contributed by atoms with E-state index < -0.39 is 0 Å². The number of amides is 1. The zero-order valence-electron chi connectivity index (χ0n) is 17.3. The average Bonchev–Trinajstić information content (AvgIpc) is 2.76. The molecule has 0 spiro atoms. The number of benzene rings is 2. The molecular formula is C24H24Cl2N4O. The molecule has 1 aliphatic heterocycles. The molecule has 2 aromatic carbocycles. The molecule has 0 bridgehead atoms. The smallest absolute Gasteiger partial charge is 0.240 e. The summed E-state index contributed by atoms with van der Waals surface area (Å²) in [6.07, 6.45) is 3.47. The number of rotatable bonds is 5. The van der Waals surface area contributed by atoms with E-state index in [2.05, 4.69) is 27.1 Å². The van der Waals surface area contributed by atoms with Gasteiger partial charge in [0.05, 0.1) is 17.9 Å². The number of nitrogens with zero attached hydrogens (tertiary/aromatic N) is 3. The monoisotopic (exact) mass is 454 g/mol. The Labute approximate surface area is 192 Å². The van der Waals surface area contributed by atoms with E-state index in [0.717, 1.165) is 30.5 Å². The number of anilines is 1. The lowest BCUT2D eigenvalue weighted by atomic mass is 10.0. The Hall–Kier alpha value is -2.47. The molecule has 160 valence electrons. The van der Waals surface area contributed by atoms with Crippen molar-refractivity contribution in [3.63, 3.8) is 0 Å². The van der Waals surface area contributed by atoms with Gasteiger partial charge in [0.15, 0.2) is 0 Å². The van der Waals surface area contributed by atoms with Crippen molar-refractivity contribution in [3.05, 3.63) is 64.6 Å². The summed E-state index contributed by atoms with van der Waals surface area (Å²) in [5.74, 6) is 0.177. The van der Waals surface area contributed by atoms with E-state index in [-0.39, 0.29) is 11.9 Å². The van der Waals surface area contributed by atoms with E-state index in [0.29, 0.717) is 34.0 Å². The normalized spacial score (nSPS) is 16.8. The molecular weight excluding hydrogens is 431 g/mol. The molecule has 7 heteroatoms. The van der Waals surface area contributed by atoms with Gasteiger partial charge in [0.25, 0.3) is 0 Å². The molecule has 1 aromatic heterocycles. The van der Waals surface area contributed by atoms with Crippen LogP contribution in [0.5, 0.6) is 0 Å². The van der Waals surface area contributed by atoms with Crippen molar-refractivity contribution >= 4 is 35.1 Å². The predicted molar refractivity (Wildman–Crippen MR) is 126 cm³/mol. The minimum atomic E-state index is -0.107. The van der Waals surface area contributed by atoms with Gasteiger partial charge in [0, 0.05) is 27.2 Å². The van der Waals surface area contributed by atoms with Crippen molar-refractivity contribution in [2.75, 3.05) is 18.4 Å². The van der Waals surface area contributed by atoms with Gasteiger partial charge >= 0.3 is 0 Å². The molecule has 1 atom stereocenters. The van der Waals surface area contributed by atoms with Crippen LogP contribution in [0, 0.1) is 0 Å². The topological polar surface area (TPSA) is 58.1 Å². The lowest BCUT2D eigenvalue weighted by molar-refractivity contribution is -0.118. The maximum Gasteiger partial charge on any atom is 0.240 e. The summed E-state index contributed by atoms with van der Waals surface area (Å²) in [5, 5.41) is 4.20. The van der Waals surface area contributed by atoms with Crippen molar-refractivity contribution in [3.8, 4) is 22.5 Å². The number of carbonyl (C=O) groups excluding carboxylic acids is 1. The molecule has 1 fully saturated rings. The number of piperidine rings is 1. The van der Waals surface area contributed by atoms with Gasteiger partial charge in [-0.15, -0.1) is 0 Å². The van der Waals surface area contributed by atoms with E-state index in [1.165, 1.54) is 6.42 Å². The lowest BCUT2D eigenvalue weighted by Crippen LogP contribution is -2.42. The van der Waals surface area contributed by atoms with Crippen molar-refractivity contribution in [1.29, 1.82) is 0 Å². The van der Waals surface area contributed by atoms with Crippen LogP contribution in [-0.4, -0.2) is 39.9 Å². The molecule has 0 aliphatic carbocycles. The van der Waals surface area contributed by atoms with E-state index in [4.69, 9.17) is 23.2 Å². The second kappa shape index (κ2) is 9.77. The molecule has 1 amide bonds. The summed E-state index contributed by atoms with van der Waals surface area (Å²) in [5.41, 5.74) is 3.20. The summed E-state index contributed by atoms with van der Waals surface area (Å²) in [4.78, 5) is 24.1. The molecule has 2 heterocycles. The van der Waals surface area contributed by atoms with Crippen LogP contribution in [0.3, 0.4) is 0 Å². The molecule has 0 radical (unpaired) electrons. The van der Waals surface area contributed by atoms with Gasteiger partial charge in [-0.05, 0) is 56.6 Å². The van der Waals surface area contributed by atoms with Crippen LogP contribution in [-0.2, 0) is 4.79 Å². The van der Waals surface area contributed by atoms with E-state index in [1.807, 2.05) is 54.6 Å². The number of halogens is 2. The largest absolute Gasteiger partial charge is 0.293 e. The molecule has 1 N–H and O–H groups in total. The maximum absolute atomic E-state index is 12.7. The maximum atomic E-state index is 12.7. The summed E-state index contributed by atoms with van der Waals surface area (Å²) >= 11 is 12.1. The fraction of sp³-hybridized carbons (Fsp3) is 0.292. The molecule has 0 saturated carbocycles. The second-order valence-corrected chi connectivity index (χ2v) is 8.71. The van der Waals surface area contributed by atoms with Crippen LogP contribution in [0.15, 0.2) is 54.6 Å². The van der Waals surface area contributed by atoms with Crippen LogP contribution in [0.25, 0.3) is 22.5 Å². The molecule has 31 heavy (non-hydrogen) atoms. The molecule has 1 saturated heterocycles. The van der Waals surface area contributed by atoms with Gasteiger partial charge in [-0.1, -0.05) is 53.9 Å². The Morgan fingerprint density at radius 1 is 0.968 bits per heavy atom. The third kappa shape index (κ3) is 5.62. The minimum Gasteiger partial charge on any atom is -0.293 e.